The Labute approximate surface area is 393 Å². The first-order valence-corrected chi connectivity index (χ1v) is 22.1. The number of carbonyl (C=O) groups is 1. The van der Waals surface area contributed by atoms with E-state index in [0.717, 1.165) is 6.07 Å². The summed E-state index contributed by atoms with van der Waals surface area (Å²) < 4.78 is 6.74. The molecule has 7 unspecified atom stereocenters. The number of Topliss-reactive ketones (excluding diaryl/α,β-unsaturated/α-hetero) is 1. The number of phenols is 11. The molecule has 8 aromatic rings. The van der Waals surface area contributed by atoms with E-state index in [1.807, 2.05) is 0 Å². The number of hydrogen-bond acceptors (Lipinski definition) is 13. The summed E-state index contributed by atoms with van der Waals surface area (Å²) in [7, 11) is 0. The molecule has 0 saturated heterocycles. The first-order chi connectivity index (χ1) is 33.1. The van der Waals surface area contributed by atoms with Gasteiger partial charge >= 0.3 is 0 Å². The van der Waals surface area contributed by atoms with E-state index in [4.69, 9.17) is 4.74 Å². The van der Waals surface area contributed by atoms with Crippen molar-refractivity contribution in [2.75, 3.05) is 0 Å². The maximum Gasteiger partial charge on any atom is 0.170 e. The first-order valence-electron chi connectivity index (χ1n) is 22.1. The van der Waals surface area contributed by atoms with Gasteiger partial charge in [-0.05, 0) is 124 Å². The van der Waals surface area contributed by atoms with Crippen LogP contribution in [0.2, 0.25) is 0 Å². The molecule has 13 heteroatoms. The molecular formula is C56H42O13. The minimum Gasteiger partial charge on any atom is -0.508 e. The van der Waals surface area contributed by atoms with Crippen LogP contribution in [0.25, 0.3) is 0 Å². The molecule has 8 aromatic carbocycles. The quantitative estimate of drug-likeness (QED) is 0.0667. The first kappa shape index (κ1) is 42.7. The Morgan fingerprint density at radius 3 is 1.36 bits per heavy atom. The molecule has 0 aromatic heterocycles. The SMILES string of the molecule is O=C(c1ccc(O)cc1)C1c2c(C3c4cc(O)cc5c4C(c4cc(O)cc(O)c4C3c3ccc(O)cc3)C(c3ccc(O)cc3)O5)c(O)cc(O)c2C(c2ccc(O)cc2)C1c1cc(O)cc(O)c1. The fraction of sp³-hybridized carbons (Fsp3) is 0.125. The zero-order valence-corrected chi connectivity index (χ0v) is 36.1. The lowest BCUT2D eigenvalue weighted by Crippen LogP contribution is -2.22. The van der Waals surface area contributed by atoms with Crippen molar-refractivity contribution in [3.8, 4) is 69.0 Å². The third-order valence-electron chi connectivity index (χ3n) is 14.0. The molecule has 13 nitrogen and oxygen atoms in total. The van der Waals surface area contributed by atoms with Crippen molar-refractivity contribution < 1.29 is 65.7 Å². The minimum atomic E-state index is -1.38. The number of ketones is 1. The van der Waals surface area contributed by atoms with Gasteiger partial charge in [0, 0.05) is 75.8 Å². The largest absolute Gasteiger partial charge is 0.508 e. The Balaban J connectivity index is 1.30. The molecule has 7 atom stereocenters. The molecule has 1 aliphatic heterocycles. The third-order valence-corrected chi connectivity index (χ3v) is 14.0. The van der Waals surface area contributed by atoms with E-state index in [9.17, 15) is 56.2 Å². The van der Waals surface area contributed by atoms with Crippen LogP contribution in [0.15, 0.2) is 146 Å². The molecule has 0 bridgehead atoms. The summed E-state index contributed by atoms with van der Waals surface area (Å²) >= 11 is 0. The molecule has 0 amide bonds. The van der Waals surface area contributed by atoms with Gasteiger partial charge in [0.25, 0.3) is 0 Å². The van der Waals surface area contributed by atoms with Crippen molar-refractivity contribution in [3.63, 3.8) is 0 Å². The van der Waals surface area contributed by atoms with Crippen molar-refractivity contribution in [3.05, 3.63) is 212 Å². The standard InChI is InChI=1S/C56H42O13/c57-30-9-1-25(2-10-30)44-46(29-17-34(61)19-35(62)18-29)54(55(68)27-5-13-32(59)14-6-27)53-51(44)41(66)24-42(67)52(53)49-39-21-37(64)23-43-48(39)50(56(69-43)28-7-15-33(60)16-8-28)38-20-36(63)22-40(65)47(38)45(49)26-3-11-31(58)12-4-26/h1-24,44-46,49-50,54,56-67H. The van der Waals surface area contributed by atoms with Crippen LogP contribution in [0.4, 0.5) is 0 Å². The zero-order chi connectivity index (χ0) is 48.2. The molecule has 0 saturated carbocycles. The van der Waals surface area contributed by atoms with Crippen molar-refractivity contribution in [1.82, 2.24) is 0 Å². The highest BCUT2D eigenvalue weighted by atomic mass is 16.5. The summed E-state index contributed by atoms with van der Waals surface area (Å²) in [5, 5.41) is 125. The van der Waals surface area contributed by atoms with E-state index in [1.165, 1.54) is 103 Å². The monoisotopic (exact) mass is 922 g/mol. The molecular weight excluding hydrogens is 881 g/mol. The molecule has 2 aliphatic carbocycles. The van der Waals surface area contributed by atoms with Crippen LogP contribution in [0.3, 0.4) is 0 Å². The summed E-state index contributed by atoms with van der Waals surface area (Å²) in [6, 6.07) is 35.0. The number of aromatic hydroxyl groups is 11. The Morgan fingerprint density at radius 1 is 0.348 bits per heavy atom. The highest BCUT2D eigenvalue weighted by Crippen LogP contribution is 2.67. The average molecular weight is 923 g/mol. The second-order valence-electron chi connectivity index (χ2n) is 18.0. The average Bonchev–Trinajstić information content (AvgIpc) is 3.83. The van der Waals surface area contributed by atoms with Gasteiger partial charge in [0.05, 0.1) is 11.8 Å². The van der Waals surface area contributed by atoms with Gasteiger partial charge in [-0.3, -0.25) is 4.79 Å². The molecule has 0 fully saturated rings. The second-order valence-corrected chi connectivity index (χ2v) is 18.0. The van der Waals surface area contributed by atoms with Gasteiger partial charge in [-0.25, -0.2) is 0 Å². The molecule has 344 valence electrons. The number of fused-ring (bicyclic) bond motifs is 3. The highest BCUT2D eigenvalue weighted by molar-refractivity contribution is 6.03. The predicted molar refractivity (Wildman–Crippen MR) is 250 cm³/mol. The van der Waals surface area contributed by atoms with Gasteiger partial charge in [-0.15, -0.1) is 0 Å². The van der Waals surface area contributed by atoms with Crippen molar-refractivity contribution in [2.24, 2.45) is 0 Å². The number of hydrogen-bond donors (Lipinski definition) is 11. The van der Waals surface area contributed by atoms with Crippen LogP contribution in [-0.4, -0.2) is 62.0 Å². The zero-order valence-electron chi connectivity index (χ0n) is 36.1. The van der Waals surface area contributed by atoms with E-state index in [1.54, 1.807) is 36.4 Å². The smallest absolute Gasteiger partial charge is 0.170 e. The Bertz CT molecular complexity index is 3350. The van der Waals surface area contributed by atoms with Gasteiger partial charge in [-0.2, -0.15) is 0 Å². The molecule has 0 radical (unpaired) electrons. The van der Waals surface area contributed by atoms with Crippen LogP contribution in [0, 0.1) is 0 Å². The normalized spacial score (nSPS) is 20.8. The predicted octanol–water partition coefficient (Wildman–Crippen LogP) is 9.89. The van der Waals surface area contributed by atoms with Gasteiger partial charge in [0.2, 0.25) is 0 Å². The molecule has 1 heterocycles. The van der Waals surface area contributed by atoms with E-state index < -0.39 is 58.9 Å². The maximum atomic E-state index is 15.8. The summed E-state index contributed by atoms with van der Waals surface area (Å²) in [4.78, 5) is 15.8. The number of ether oxygens (including phenoxy) is 1. The number of phenolic OH excluding ortho intramolecular Hbond substituents is 11. The Hall–Kier alpha value is -8.97. The van der Waals surface area contributed by atoms with Crippen molar-refractivity contribution in [1.29, 1.82) is 0 Å². The van der Waals surface area contributed by atoms with Gasteiger partial charge in [0.1, 0.15) is 75.1 Å². The van der Waals surface area contributed by atoms with Gasteiger partial charge in [-0.1, -0.05) is 36.4 Å². The minimum absolute atomic E-state index is 0.00508. The second kappa shape index (κ2) is 15.8. The summed E-state index contributed by atoms with van der Waals surface area (Å²) in [6.45, 7) is 0. The summed E-state index contributed by atoms with van der Waals surface area (Å²) in [5.74, 6) is -9.65. The lowest BCUT2D eigenvalue weighted by Gasteiger charge is -2.33. The molecule has 11 N–H and O–H groups in total. The number of carbonyl (C=O) groups excluding carboxylic acids is 1. The van der Waals surface area contributed by atoms with E-state index in [0.29, 0.717) is 33.4 Å². The topological polar surface area (TPSA) is 249 Å². The molecule has 3 aliphatic rings. The Morgan fingerprint density at radius 2 is 0.797 bits per heavy atom. The summed E-state index contributed by atoms with van der Waals surface area (Å²) in [6.07, 6.45) is -0.884. The van der Waals surface area contributed by atoms with Crippen LogP contribution in [-0.2, 0) is 0 Å². The van der Waals surface area contributed by atoms with E-state index in [-0.39, 0.29) is 90.9 Å². The fourth-order valence-corrected chi connectivity index (χ4v) is 11.5. The highest BCUT2D eigenvalue weighted by Gasteiger charge is 2.54. The van der Waals surface area contributed by atoms with Gasteiger partial charge < -0.3 is 60.9 Å². The number of benzene rings is 8. The molecule has 0 spiro atoms. The molecule has 69 heavy (non-hydrogen) atoms. The lowest BCUT2D eigenvalue weighted by molar-refractivity contribution is 0.0948. The third kappa shape index (κ3) is 6.88. The lowest BCUT2D eigenvalue weighted by atomic mass is 9.69. The number of rotatable bonds is 7. The van der Waals surface area contributed by atoms with Crippen molar-refractivity contribution >= 4 is 5.78 Å². The van der Waals surface area contributed by atoms with E-state index in [2.05, 4.69) is 0 Å². The van der Waals surface area contributed by atoms with Crippen LogP contribution in [0.5, 0.6) is 69.0 Å². The van der Waals surface area contributed by atoms with Crippen LogP contribution in [0.1, 0.15) is 113 Å². The maximum absolute atomic E-state index is 15.8. The van der Waals surface area contributed by atoms with Gasteiger partial charge in [0.15, 0.2) is 5.78 Å². The van der Waals surface area contributed by atoms with Crippen molar-refractivity contribution in [2.45, 2.75) is 41.6 Å². The molecule has 11 rings (SSSR count). The summed E-state index contributed by atoms with van der Waals surface area (Å²) in [5.41, 5.74) is 3.85. The van der Waals surface area contributed by atoms with Crippen LogP contribution < -0.4 is 4.74 Å². The fourth-order valence-electron chi connectivity index (χ4n) is 11.5. The van der Waals surface area contributed by atoms with Crippen LogP contribution >= 0.6 is 0 Å². The Kier molecular flexibility index (Phi) is 9.79. The van der Waals surface area contributed by atoms with E-state index >= 15 is 4.79 Å².